The predicted molar refractivity (Wildman–Crippen MR) is 104 cm³/mol. The smallest absolute Gasteiger partial charge is 0.200 e. The van der Waals surface area contributed by atoms with E-state index in [1.165, 1.54) is 5.56 Å². The van der Waals surface area contributed by atoms with Gasteiger partial charge in [0.15, 0.2) is 0 Å². The highest BCUT2D eigenvalue weighted by atomic mass is 35.5. The first-order chi connectivity index (χ1) is 10.4. The molecule has 0 saturated carbocycles. The minimum absolute atomic E-state index is 0. The Bertz CT molecular complexity index is 716. The summed E-state index contributed by atoms with van der Waals surface area (Å²) in [6.45, 7) is 2.10. The zero-order valence-electron chi connectivity index (χ0n) is 12.7. The van der Waals surface area contributed by atoms with E-state index in [9.17, 15) is 0 Å². The first kappa shape index (κ1) is 19.9. The maximum atomic E-state index is 6.12. The first-order valence-corrected chi connectivity index (χ1v) is 7.87. The van der Waals surface area contributed by atoms with Gasteiger partial charge in [0.05, 0.1) is 20.8 Å². The summed E-state index contributed by atoms with van der Waals surface area (Å²) in [6.07, 6.45) is 0.956. The summed E-state index contributed by atoms with van der Waals surface area (Å²) in [4.78, 5) is 6.13. The van der Waals surface area contributed by atoms with Crippen LogP contribution in [0.25, 0.3) is 0 Å². The van der Waals surface area contributed by atoms with E-state index < -0.39 is 0 Å². The van der Waals surface area contributed by atoms with Gasteiger partial charge in [-0.3, -0.25) is 0 Å². The molecule has 3 nitrogen and oxygen atoms in total. The van der Waals surface area contributed by atoms with Crippen molar-refractivity contribution in [2.45, 2.75) is 13.3 Å². The Morgan fingerprint density at radius 2 is 1.74 bits per heavy atom. The molecule has 0 aliphatic rings. The van der Waals surface area contributed by atoms with Gasteiger partial charge >= 0.3 is 0 Å². The summed E-state index contributed by atoms with van der Waals surface area (Å²) < 4.78 is 0. The Hall–Kier alpha value is -1.13. The Morgan fingerprint density at radius 3 is 2.39 bits per heavy atom. The highest BCUT2D eigenvalue weighted by molar-refractivity contribution is 6.44. The number of aliphatic imine (C=N–C) groups is 1. The third kappa shape index (κ3) is 4.92. The summed E-state index contributed by atoms with van der Waals surface area (Å²) >= 11 is 18.0. The van der Waals surface area contributed by atoms with Gasteiger partial charge in [-0.25, -0.2) is 4.99 Å². The Morgan fingerprint density at radius 1 is 1.09 bits per heavy atom. The largest absolute Gasteiger partial charge is 0.369 e. The molecular formula is C16H17Cl4N3. The highest BCUT2D eigenvalue weighted by Crippen LogP contribution is 2.34. The third-order valence-corrected chi connectivity index (χ3v) is 4.30. The zero-order chi connectivity index (χ0) is 16.3. The molecule has 2 rings (SSSR count). The number of hydrogen-bond acceptors (Lipinski definition) is 1. The monoisotopic (exact) mass is 391 g/mol. The fraction of sp³-hybridized carbons (Fsp3) is 0.188. The van der Waals surface area contributed by atoms with Crippen LogP contribution in [0.2, 0.25) is 15.1 Å². The summed E-state index contributed by atoms with van der Waals surface area (Å²) in [7, 11) is 1.85. The maximum Gasteiger partial charge on any atom is 0.200 e. The number of hydrogen-bond donors (Lipinski definition) is 1. The maximum absolute atomic E-state index is 6.12. The van der Waals surface area contributed by atoms with Crippen LogP contribution in [0.4, 0.5) is 11.4 Å². The molecule has 0 spiro atoms. The van der Waals surface area contributed by atoms with Crippen LogP contribution in [0, 0.1) is 0 Å². The average Bonchev–Trinajstić information content (AvgIpc) is 2.51. The van der Waals surface area contributed by atoms with E-state index in [1.54, 1.807) is 17.0 Å². The van der Waals surface area contributed by atoms with Gasteiger partial charge in [0.1, 0.15) is 0 Å². The highest BCUT2D eigenvalue weighted by Gasteiger charge is 2.09. The number of benzene rings is 2. The molecule has 0 heterocycles. The molecule has 0 amide bonds. The molecule has 7 heteroatoms. The van der Waals surface area contributed by atoms with E-state index in [4.69, 9.17) is 40.5 Å². The van der Waals surface area contributed by atoms with Crippen LogP contribution in [0.1, 0.15) is 12.5 Å². The summed E-state index contributed by atoms with van der Waals surface area (Å²) in [5, 5.41) is 1.16. The quantitative estimate of drug-likeness (QED) is 0.412. The van der Waals surface area contributed by atoms with Crippen LogP contribution >= 0.6 is 47.2 Å². The molecule has 124 valence electrons. The van der Waals surface area contributed by atoms with Gasteiger partial charge in [-0.15, -0.1) is 12.4 Å². The van der Waals surface area contributed by atoms with Crippen molar-refractivity contribution in [3.05, 3.63) is 57.0 Å². The number of rotatable bonds is 3. The van der Waals surface area contributed by atoms with Gasteiger partial charge in [-0.1, -0.05) is 53.9 Å². The SMILES string of the molecule is CCc1cccc(N(C)C(N)=Nc2cc(Cl)c(Cl)cc2Cl)c1.Cl. The summed E-state index contributed by atoms with van der Waals surface area (Å²) in [6, 6.07) is 11.2. The molecule has 0 atom stereocenters. The van der Waals surface area contributed by atoms with Crippen molar-refractivity contribution in [2.75, 3.05) is 11.9 Å². The minimum Gasteiger partial charge on any atom is -0.369 e. The lowest BCUT2D eigenvalue weighted by molar-refractivity contribution is 1.13. The predicted octanol–water partition coefficient (Wildman–Crippen LogP) is 5.71. The van der Waals surface area contributed by atoms with Gasteiger partial charge in [0, 0.05) is 12.7 Å². The van der Waals surface area contributed by atoms with Crippen LogP contribution in [0.5, 0.6) is 0 Å². The van der Waals surface area contributed by atoms with Crippen molar-refractivity contribution in [3.8, 4) is 0 Å². The van der Waals surface area contributed by atoms with E-state index in [1.807, 2.05) is 19.2 Å². The molecule has 0 aromatic heterocycles. The molecule has 2 aromatic rings. The summed E-state index contributed by atoms with van der Waals surface area (Å²) in [5.41, 5.74) is 8.73. The molecule has 0 unspecified atom stereocenters. The van der Waals surface area contributed by atoms with E-state index in [2.05, 4.69) is 24.0 Å². The van der Waals surface area contributed by atoms with E-state index >= 15 is 0 Å². The molecular weight excluding hydrogens is 376 g/mol. The van der Waals surface area contributed by atoms with Crippen molar-refractivity contribution in [2.24, 2.45) is 10.7 Å². The number of aryl methyl sites for hydroxylation is 1. The third-order valence-electron chi connectivity index (χ3n) is 3.27. The topological polar surface area (TPSA) is 41.6 Å². The fourth-order valence-electron chi connectivity index (χ4n) is 1.91. The van der Waals surface area contributed by atoms with E-state index in [0.29, 0.717) is 26.7 Å². The first-order valence-electron chi connectivity index (χ1n) is 6.73. The lowest BCUT2D eigenvalue weighted by Crippen LogP contribution is -2.33. The molecule has 0 saturated heterocycles. The van der Waals surface area contributed by atoms with E-state index in [-0.39, 0.29) is 12.4 Å². The molecule has 0 radical (unpaired) electrons. The lowest BCUT2D eigenvalue weighted by Gasteiger charge is -2.19. The Balaban J connectivity index is 0.00000264. The summed E-state index contributed by atoms with van der Waals surface area (Å²) in [5.74, 6) is 0.313. The molecule has 2 aromatic carbocycles. The molecule has 0 aliphatic heterocycles. The molecule has 0 fully saturated rings. The second-order valence-electron chi connectivity index (χ2n) is 4.77. The van der Waals surface area contributed by atoms with Crippen molar-refractivity contribution in [1.29, 1.82) is 0 Å². The number of nitrogens with two attached hydrogens (primary N) is 1. The second-order valence-corrected chi connectivity index (χ2v) is 5.99. The van der Waals surface area contributed by atoms with Crippen molar-refractivity contribution >= 4 is 64.5 Å². The molecule has 23 heavy (non-hydrogen) atoms. The Kier molecular flexibility index (Phi) is 7.49. The standard InChI is InChI=1S/C16H16Cl3N3.ClH/c1-3-10-5-4-6-11(7-10)22(2)16(20)21-15-9-13(18)12(17)8-14(15)19;/h4-9H,3H2,1-2H3,(H2,20,21);1H. The fourth-order valence-corrected chi connectivity index (χ4v) is 2.50. The number of anilines is 1. The van der Waals surface area contributed by atoms with E-state index in [0.717, 1.165) is 12.1 Å². The van der Waals surface area contributed by atoms with Crippen molar-refractivity contribution < 1.29 is 0 Å². The second kappa shape index (κ2) is 8.65. The van der Waals surface area contributed by atoms with Crippen LogP contribution < -0.4 is 10.6 Å². The zero-order valence-corrected chi connectivity index (χ0v) is 15.8. The van der Waals surface area contributed by atoms with Gasteiger partial charge < -0.3 is 10.6 Å². The van der Waals surface area contributed by atoms with Crippen molar-refractivity contribution in [3.63, 3.8) is 0 Å². The lowest BCUT2D eigenvalue weighted by atomic mass is 10.1. The van der Waals surface area contributed by atoms with Gasteiger partial charge in [0.2, 0.25) is 5.96 Å². The minimum atomic E-state index is 0. The van der Waals surface area contributed by atoms with Crippen LogP contribution in [0.3, 0.4) is 0 Å². The number of nitrogens with zero attached hydrogens (tertiary/aromatic N) is 2. The molecule has 2 N–H and O–H groups in total. The number of halogens is 4. The molecule has 0 aliphatic carbocycles. The normalized spacial score (nSPS) is 11.1. The van der Waals surface area contributed by atoms with Gasteiger partial charge in [-0.05, 0) is 36.2 Å². The molecule has 0 bridgehead atoms. The average molecular weight is 393 g/mol. The van der Waals surface area contributed by atoms with Crippen LogP contribution in [-0.4, -0.2) is 13.0 Å². The number of guanidine groups is 1. The Labute approximate surface area is 157 Å². The van der Waals surface area contributed by atoms with Gasteiger partial charge in [-0.2, -0.15) is 0 Å². The van der Waals surface area contributed by atoms with Crippen LogP contribution in [-0.2, 0) is 6.42 Å². The van der Waals surface area contributed by atoms with Crippen molar-refractivity contribution in [1.82, 2.24) is 0 Å². The van der Waals surface area contributed by atoms with Gasteiger partial charge in [0.25, 0.3) is 0 Å². The van der Waals surface area contributed by atoms with Crippen LogP contribution in [0.15, 0.2) is 41.4 Å².